The minimum Gasteiger partial charge on any atom is -0.473 e. The maximum absolute atomic E-state index is 13.9. The van der Waals surface area contributed by atoms with Gasteiger partial charge in [0, 0.05) is 6.07 Å². The van der Waals surface area contributed by atoms with E-state index in [-0.39, 0.29) is 18.1 Å². The summed E-state index contributed by atoms with van der Waals surface area (Å²) in [5.74, 6) is -2.04. The molecule has 32 heavy (non-hydrogen) atoms. The number of rotatable bonds is 6. The van der Waals surface area contributed by atoms with Crippen molar-refractivity contribution in [1.82, 2.24) is 15.0 Å². The first-order valence-corrected chi connectivity index (χ1v) is 9.71. The van der Waals surface area contributed by atoms with Gasteiger partial charge in [0.2, 0.25) is 5.88 Å². The molecule has 0 atom stereocenters. The minimum absolute atomic E-state index is 0.201. The second-order valence-electron chi connectivity index (χ2n) is 7.20. The number of nitrogens with zero attached hydrogens (tertiary/aromatic N) is 2. The Balaban J connectivity index is 1.61. The van der Waals surface area contributed by atoms with Crippen molar-refractivity contribution in [2.24, 2.45) is 0 Å². The predicted molar refractivity (Wildman–Crippen MR) is 113 cm³/mol. The normalized spacial score (nSPS) is 10.9. The summed E-state index contributed by atoms with van der Waals surface area (Å²) >= 11 is 0. The predicted octanol–water partition coefficient (Wildman–Crippen LogP) is 4.70. The number of ether oxygens (including phenoxy) is 1. The van der Waals surface area contributed by atoms with Gasteiger partial charge in [-0.15, -0.1) is 0 Å². The Morgan fingerprint density at radius 3 is 2.41 bits per heavy atom. The highest BCUT2D eigenvalue weighted by atomic mass is 19.1. The lowest BCUT2D eigenvalue weighted by molar-refractivity contribution is 0.0963. The average Bonchev–Trinajstić information content (AvgIpc) is 3.08. The molecule has 6 nitrogen and oxygen atoms in total. The van der Waals surface area contributed by atoms with E-state index in [1.165, 1.54) is 34.8 Å². The Kier molecular flexibility index (Phi) is 5.72. The summed E-state index contributed by atoms with van der Waals surface area (Å²) in [6, 6.07) is 12.5. The summed E-state index contributed by atoms with van der Waals surface area (Å²) in [6.07, 6.45) is 0. The maximum Gasteiger partial charge on any atom is 0.273 e. The van der Waals surface area contributed by atoms with E-state index < -0.39 is 23.4 Å². The molecule has 0 radical (unpaired) electrons. The molecule has 0 aliphatic rings. The Labute approximate surface area is 181 Å². The van der Waals surface area contributed by atoms with Gasteiger partial charge < -0.3 is 4.74 Å². The molecule has 164 valence electrons. The van der Waals surface area contributed by atoms with E-state index in [2.05, 4.69) is 16.0 Å². The van der Waals surface area contributed by atoms with Crippen molar-refractivity contribution in [2.75, 3.05) is 5.43 Å². The number of fused-ring (bicyclic) bond motifs is 1. The number of hydrogen-bond acceptors (Lipinski definition) is 4. The third kappa shape index (κ3) is 4.22. The first-order chi connectivity index (χ1) is 15.3. The molecule has 2 aromatic heterocycles. The second-order valence-corrected chi connectivity index (χ2v) is 7.20. The van der Waals surface area contributed by atoms with E-state index in [0.717, 1.165) is 17.7 Å². The van der Waals surface area contributed by atoms with Gasteiger partial charge in [-0.25, -0.2) is 13.2 Å². The van der Waals surface area contributed by atoms with E-state index in [9.17, 15) is 18.0 Å². The number of hydrogen-bond donors (Lipinski definition) is 2. The Hall–Kier alpha value is -4.01. The van der Waals surface area contributed by atoms with Crippen LogP contribution in [0, 0.1) is 31.3 Å². The van der Waals surface area contributed by atoms with E-state index in [1.807, 2.05) is 0 Å². The van der Waals surface area contributed by atoms with Crippen molar-refractivity contribution < 1.29 is 22.7 Å². The molecule has 0 bridgehead atoms. The van der Waals surface area contributed by atoms with Crippen LogP contribution in [-0.2, 0) is 6.61 Å². The number of benzene rings is 2. The second kappa shape index (κ2) is 8.62. The van der Waals surface area contributed by atoms with E-state index in [1.54, 1.807) is 26.0 Å². The molecule has 4 rings (SSSR count). The molecule has 0 unspecified atom stereocenters. The number of nitrogens with one attached hydrogen (secondary N) is 2. The molecule has 2 aromatic carbocycles. The third-order valence-electron chi connectivity index (χ3n) is 4.84. The van der Waals surface area contributed by atoms with Crippen LogP contribution in [0.25, 0.3) is 5.52 Å². The number of anilines is 1. The molecule has 0 spiro atoms. The van der Waals surface area contributed by atoms with Gasteiger partial charge >= 0.3 is 0 Å². The van der Waals surface area contributed by atoms with Crippen molar-refractivity contribution in [1.29, 1.82) is 0 Å². The van der Waals surface area contributed by atoms with Crippen LogP contribution in [0.15, 0.2) is 54.6 Å². The van der Waals surface area contributed by atoms with Gasteiger partial charge in [0.1, 0.15) is 24.1 Å². The highest BCUT2D eigenvalue weighted by Gasteiger charge is 2.20. The minimum atomic E-state index is -0.711. The Morgan fingerprint density at radius 2 is 1.72 bits per heavy atom. The molecule has 0 fully saturated rings. The van der Waals surface area contributed by atoms with E-state index in [0.29, 0.717) is 22.5 Å². The van der Waals surface area contributed by atoms with Crippen molar-refractivity contribution in [3.8, 4) is 5.88 Å². The zero-order valence-electron chi connectivity index (χ0n) is 17.2. The molecule has 4 aromatic rings. The summed E-state index contributed by atoms with van der Waals surface area (Å²) in [4.78, 5) is 12.8. The zero-order chi connectivity index (χ0) is 22.8. The van der Waals surface area contributed by atoms with Crippen molar-refractivity contribution in [3.05, 3.63) is 94.4 Å². The van der Waals surface area contributed by atoms with Crippen molar-refractivity contribution in [2.45, 2.75) is 20.5 Å². The largest absolute Gasteiger partial charge is 0.473 e. The third-order valence-corrected chi connectivity index (χ3v) is 4.84. The lowest BCUT2D eigenvalue weighted by atomic mass is 10.1. The van der Waals surface area contributed by atoms with Crippen LogP contribution in [0.3, 0.4) is 0 Å². The Bertz CT molecular complexity index is 1280. The maximum atomic E-state index is 13.9. The van der Waals surface area contributed by atoms with Gasteiger partial charge in [-0.1, -0.05) is 6.07 Å². The molecule has 2 N–H and O–H groups in total. The zero-order valence-corrected chi connectivity index (χ0v) is 17.2. The summed E-state index contributed by atoms with van der Waals surface area (Å²) in [6.45, 7) is 3.12. The quantitative estimate of drug-likeness (QED) is 0.427. The van der Waals surface area contributed by atoms with Crippen molar-refractivity contribution >= 4 is 17.1 Å². The van der Waals surface area contributed by atoms with Gasteiger partial charge in [0.05, 0.1) is 28.0 Å². The molecule has 0 saturated heterocycles. The average molecular weight is 440 g/mol. The molecule has 2 heterocycles. The van der Waals surface area contributed by atoms with Crippen LogP contribution < -0.4 is 15.6 Å². The smallest absolute Gasteiger partial charge is 0.273 e. The fourth-order valence-corrected chi connectivity index (χ4v) is 3.28. The molecule has 1 amide bonds. The summed E-state index contributed by atoms with van der Waals surface area (Å²) in [7, 11) is 0. The number of pyridine rings is 1. The summed E-state index contributed by atoms with van der Waals surface area (Å²) in [5.41, 5.74) is 7.53. The number of halogens is 3. The van der Waals surface area contributed by atoms with Crippen LogP contribution in [0.1, 0.15) is 27.2 Å². The molecule has 0 aliphatic carbocycles. The first kappa shape index (κ1) is 21.2. The first-order valence-electron chi connectivity index (χ1n) is 9.71. The van der Waals surface area contributed by atoms with Gasteiger partial charge in [-0.2, -0.15) is 9.61 Å². The van der Waals surface area contributed by atoms with Crippen LogP contribution >= 0.6 is 0 Å². The number of hydrazine groups is 1. The van der Waals surface area contributed by atoms with Crippen LogP contribution in [0.2, 0.25) is 0 Å². The molecule has 0 saturated carbocycles. The molecular formula is C23H19F3N4O2. The lowest BCUT2D eigenvalue weighted by Crippen LogP contribution is -2.29. The fourth-order valence-electron chi connectivity index (χ4n) is 3.28. The summed E-state index contributed by atoms with van der Waals surface area (Å²) in [5, 5.41) is 4.36. The number of aromatic nitrogens is 2. The molecule has 9 heteroatoms. The topological polar surface area (TPSA) is 67.7 Å². The van der Waals surface area contributed by atoms with Gasteiger partial charge in [-0.3, -0.25) is 15.6 Å². The number of carbonyl (C=O) groups is 1. The van der Waals surface area contributed by atoms with E-state index in [4.69, 9.17) is 4.74 Å². The van der Waals surface area contributed by atoms with Gasteiger partial charge in [-0.05, 0) is 61.9 Å². The SMILES string of the molecule is Cc1cc(OCc2c(F)cccc2F)n2nc(C)c(C(=O)NNc3ccc(F)cc3)c2c1. The number of amides is 1. The highest BCUT2D eigenvalue weighted by Crippen LogP contribution is 2.25. The van der Waals surface area contributed by atoms with E-state index >= 15 is 0 Å². The van der Waals surface area contributed by atoms with Crippen LogP contribution in [0.5, 0.6) is 5.88 Å². The standard InChI is InChI=1S/C23H19F3N4O2/c1-13-10-20-22(23(31)28-27-16-8-6-15(24)7-9-16)14(2)29-30(20)21(11-13)32-12-17-18(25)4-3-5-19(17)26/h3-11,27H,12H2,1-2H3,(H,28,31). The summed E-state index contributed by atoms with van der Waals surface area (Å²) < 4.78 is 48.0. The Morgan fingerprint density at radius 1 is 1.03 bits per heavy atom. The lowest BCUT2D eigenvalue weighted by Gasteiger charge is -2.11. The monoisotopic (exact) mass is 440 g/mol. The van der Waals surface area contributed by atoms with Crippen LogP contribution in [-0.4, -0.2) is 15.5 Å². The number of carbonyl (C=O) groups excluding carboxylic acids is 1. The van der Waals surface area contributed by atoms with Crippen LogP contribution in [0.4, 0.5) is 18.9 Å². The van der Waals surface area contributed by atoms with Gasteiger partial charge in [0.15, 0.2) is 0 Å². The van der Waals surface area contributed by atoms with Crippen molar-refractivity contribution in [3.63, 3.8) is 0 Å². The number of aryl methyl sites for hydroxylation is 2. The molecule has 0 aliphatic heterocycles. The highest BCUT2D eigenvalue weighted by molar-refractivity contribution is 6.02. The van der Waals surface area contributed by atoms with Gasteiger partial charge in [0.25, 0.3) is 5.91 Å². The fraction of sp³-hybridized carbons (Fsp3) is 0.130. The molecular weight excluding hydrogens is 421 g/mol.